The van der Waals surface area contributed by atoms with E-state index < -0.39 is 0 Å². The predicted octanol–water partition coefficient (Wildman–Crippen LogP) is 3.05. The van der Waals surface area contributed by atoms with Crippen molar-refractivity contribution in [2.45, 2.75) is 26.3 Å². The summed E-state index contributed by atoms with van der Waals surface area (Å²) in [6.07, 6.45) is 0.720. The Morgan fingerprint density at radius 1 is 1.45 bits per heavy atom. The standard InChI is InChI=1S/C14H18BrN3O2/c1-4-16-9(2)7-13-17-14(18-20-13)10-5-6-12(19-3)11(15)8-10/h5-6,8-9,16H,4,7H2,1-3H3. The SMILES string of the molecule is CCNC(C)Cc1nc(-c2ccc(OC)c(Br)c2)no1. The molecule has 2 rings (SSSR count). The molecule has 1 aromatic heterocycles. The minimum Gasteiger partial charge on any atom is -0.496 e. The number of benzene rings is 1. The molecule has 0 bridgehead atoms. The normalized spacial score (nSPS) is 12.4. The van der Waals surface area contributed by atoms with Gasteiger partial charge < -0.3 is 14.6 Å². The van der Waals surface area contributed by atoms with Crippen LogP contribution in [0.25, 0.3) is 11.4 Å². The zero-order chi connectivity index (χ0) is 14.5. The van der Waals surface area contributed by atoms with E-state index in [1.807, 2.05) is 18.2 Å². The van der Waals surface area contributed by atoms with Crippen molar-refractivity contribution in [3.8, 4) is 17.1 Å². The Kier molecular flexibility index (Phi) is 5.14. The summed E-state index contributed by atoms with van der Waals surface area (Å²) in [5.41, 5.74) is 0.892. The summed E-state index contributed by atoms with van der Waals surface area (Å²) in [5.74, 6) is 2.01. The van der Waals surface area contributed by atoms with Crippen LogP contribution in [0.2, 0.25) is 0 Å². The van der Waals surface area contributed by atoms with Crippen LogP contribution >= 0.6 is 15.9 Å². The smallest absolute Gasteiger partial charge is 0.228 e. The molecule has 0 saturated heterocycles. The summed E-state index contributed by atoms with van der Waals surface area (Å²) in [5, 5.41) is 7.34. The highest BCUT2D eigenvalue weighted by molar-refractivity contribution is 9.10. The maximum absolute atomic E-state index is 5.28. The number of hydrogen-bond donors (Lipinski definition) is 1. The number of halogens is 1. The van der Waals surface area contributed by atoms with Gasteiger partial charge >= 0.3 is 0 Å². The lowest BCUT2D eigenvalue weighted by Crippen LogP contribution is -2.27. The quantitative estimate of drug-likeness (QED) is 0.876. The second-order valence-electron chi connectivity index (χ2n) is 4.52. The van der Waals surface area contributed by atoms with Gasteiger partial charge in [0.1, 0.15) is 5.75 Å². The van der Waals surface area contributed by atoms with Crippen molar-refractivity contribution in [1.29, 1.82) is 0 Å². The van der Waals surface area contributed by atoms with E-state index >= 15 is 0 Å². The van der Waals surface area contributed by atoms with E-state index in [4.69, 9.17) is 9.26 Å². The third-order valence-corrected chi connectivity index (χ3v) is 3.53. The van der Waals surface area contributed by atoms with Crippen molar-refractivity contribution in [2.75, 3.05) is 13.7 Å². The summed E-state index contributed by atoms with van der Waals surface area (Å²) < 4.78 is 11.4. The molecule has 1 atom stereocenters. The first-order valence-corrected chi connectivity index (χ1v) is 7.33. The van der Waals surface area contributed by atoms with Crippen LogP contribution in [0.15, 0.2) is 27.2 Å². The molecular weight excluding hydrogens is 322 g/mol. The molecule has 1 heterocycles. The molecule has 0 aliphatic rings. The van der Waals surface area contributed by atoms with Crippen molar-refractivity contribution in [3.63, 3.8) is 0 Å². The number of methoxy groups -OCH3 is 1. The van der Waals surface area contributed by atoms with Crippen molar-refractivity contribution in [2.24, 2.45) is 0 Å². The minimum atomic E-state index is 0.316. The van der Waals surface area contributed by atoms with Crippen LogP contribution in [0.5, 0.6) is 5.75 Å². The third-order valence-electron chi connectivity index (χ3n) is 2.91. The topological polar surface area (TPSA) is 60.2 Å². The van der Waals surface area contributed by atoms with Gasteiger partial charge in [0.05, 0.1) is 11.6 Å². The largest absolute Gasteiger partial charge is 0.496 e. The summed E-state index contributed by atoms with van der Waals surface area (Å²) in [7, 11) is 1.63. The molecule has 0 aliphatic heterocycles. The molecule has 0 saturated carbocycles. The molecule has 20 heavy (non-hydrogen) atoms. The fraction of sp³-hybridized carbons (Fsp3) is 0.429. The van der Waals surface area contributed by atoms with Gasteiger partial charge in [-0.3, -0.25) is 0 Å². The Bertz CT molecular complexity index is 571. The molecule has 0 fully saturated rings. The number of rotatable bonds is 6. The van der Waals surface area contributed by atoms with E-state index in [0.29, 0.717) is 17.8 Å². The Balaban J connectivity index is 2.14. The van der Waals surface area contributed by atoms with Crippen molar-refractivity contribution in [1.82, 2.24) is 15.5 Å². The highest BCUT2D eigenvalue weighted by Gasteiger charge is 2.12. The van der Waals surface area contributed by atoms with Crippen LogP contribution < -0.4 is 10.1 Å². The molecule has 0 spiro atoms. The van der Waals surface area contributed by atoms with E-state index in [1.54, 1.807) is 7.11 Å². The summed E-state index contributed by atoms with van der Waals surface area (Å²) in [6, 6.07) is 6.01. The van der Waals surface area contributed by atoms with E-state index in [0.717, 1.165) is 28.8 Å². The highest BCUT2D eigenvalue weighted by atomic mass is 79.9. The molecule has 2 aromatic rings. The predicted molar refractivity (Wildman–Crippen MR) is 80.8 cm³/mol. The van der Waals surface area contributed by atoms with Gasteiger partial charge in [0.15, 0.2) is 0 Å². The first-order chi connectivity index (χ1) is 9.63. The highest BCUT2D eigenvalue weighted by Crippen LogP contribution is 2.29. The summed E-state index contributed by atoms with van der Waals surface area (Å²) in [4.78, 5) is 4.42. The monoisotopic (exact) mass is 339 g/mol. The van der Waals surface area contributed by atoms with E-state index in [1.165, 1.54) is 0 Å². The zero-order valence-electron chi connectivity index (χ0n) is 11.8. The average Bonchev–Trinajstić information content (AvgIpc) is 2.87. The van der Waals surface area contributed by atoms with Crippen molar-refractivity contribution in [3.05, 3.63) is 28.6 Å². The molecule has 0 radical (unpaired) electrons. The molecule has 1 aromatic carbocycles. The van der Waals surface area contributed by atoms with Crippen LogP contribution in [0.4, 0.5) is 0 Å². The van der Waals surface area contributed by atoms with Crippen LogP contribution in [0.3, 0.4) is 0 Å². The van der Waals surface area contributed by atoms with Gasteiger partial charge in [-0.05, 0) is 47.6 Å². The van der Waals surface area contributed by atoms with Gasteiger partial charge in [-0.1, -0.05) is 12.1 Å². The van der Waals surface area contributed by atoms with Crippen LogP contribution in [0, 0.1) is 0 Å². The number of aromatic nitrogens is 2. The van der Waals surface area contributed by atoms with Gasteiger partial charge in [0.25, 0.3) is 0 Å². The summed E-state index contributed by atoms with van der Waals surface area (Å²) >= 11 is 3.45. The molecule has 6 heteroatoms. The van der Waals surface area contributed by atoms with Crippen LogP contribution in [0.1, 0.15) is 19.7 Å². The molecule has 1 unspecified atom stereocenters. The number of nitrogens with zero attached hydrogens (tertiary/aromatic N) is 2. The second-order valence-corrected chi connectivity index (χ2v) is 5.38. The van der Waals surface area contributed by atoms with E-state index in [-0.39, 0.29) is 0 Å². The molecule has 0 amide bonds. The molecular formula is C14H18BrN3O2. The molecule has 0 aliphatic carbocycles. The molecule has 108 valence electrons. The van der Waals surface area contributed by atoms with Gasteiger partial charge in [-0.15, -0.1) is 0 Å². The van der Waals surface area contributed by atoms with Gasteiger partial charge in [-0.2, -0.15) is 4.98 Å². The Hall–Kier alpha value is -1.40. The van der Waals surface area contributed by atoms with E-state index in [2.05, 4.69) is 45.2 Å². The Labute approximate surface area is 126 Å². The third kappa shape index (κ3) is 3.58. The van der Waals surface area contributed by atoms with Gasteiger partial charge in [0.2, 0.25) is 11.7 Å². The number of hydrogen-bond acceptors (Lipinski definition) is 5. The lowest BCUT2D eigenvalue weighted by Gasteiger charge is -2.07. The lowest BCUT2D eigenvalue weighted by molar-refractivity contribution is 0.363. The minimum absolute atomic E-state index is 0.316. The Morgan fingerprint density at radius 3 is 2.90 bits per heavy atom. The van der Waals surface area contributed by atoms with Crippen molar-refractivity contribution >= 4 is 15.9 Å². The fourth-order valence-corrected chi connectivity index (χ4v) is 2.48. The maximum Gasteiger partial charge on any atom is 0.228 e. The zero-order valence-corrected chi connectivity index (χ0v) is 13.4. The summed E-state index contributed by atoms with van der Waals surface area (Å²) in [6.45, 7) is 5.09. The van der Waals surface area contributed by atoms with Crippen LogP contribution in [-0.2, 0) is 6.42 Å². The molecule has 1 N–H and O–H groups in total. The average molecular weight is 340 g/mol. The van der Waals surface area contributed by atoms with Gasteiger partial charge in [-0.25, -0.2) is 0 Å². The lowest BCUT2D eigenvalue weighted by atomic mass is 10.2. The number of nitrogens with one attached hydrogen (secondary N) is 1. The number of ether oxygens (including phenoxy) is 1. The Morgan fingerprint density at radius 2 is 2.25 bits per heavy atom. The molecule has 5 nitrogen and oxygen atoms in total. The first kappa shape index (κ1) is 15.0. The van der Waals surface area contributed by atoms with Crippen LogP contribution in [-0.4, -0.2) is 29.8 Å². The first-order valence-electron chi connectivity index (χ1n) is 6.54. The van der Waals surface area contributed by atoms with Crippen molar-refractivity contribution < 1.29 is 9.26 Å². The second kappa shape index (κ2) is 6.85. The fourth-order valence-electron chi connectivity index (χ4n) is 1.94. The maximum atomic E-state index is 5.28. The van der Waals surface area contributed by atoms with Gasteiger partial charge in [0, 0.05) is 18.0 Å². The van der Waals surface area contributed by atoms with E-state index in [9.17, 15) is 0 Å². The number of likely N-dealkylation sites (N-methyl/N-ethyl adjacent to an activating group) is 1.